The van der Waals surface area contributed by atoms with Crippen molar-refractivity contribution >= 4 is 12.1 Å². The van der Waals surface area contributed by atoms with Crippen molar-refractivity contribution in [2.24, 2.45) is 0 Å². The maximum absolute atomic E-state index is 9.81. The van der Waals surface area contributed by atoms with Gasteiger partial charge in [-0.3, -0.25) is 4.79 Å². The van der Waals surface area contributed by atoms with Crippen molar-refractivity contribution in [1.29, 1.82) is 0 Å². The second-order valence-corrected chi connectivity index (χ2v) is 1.07. The van der Waals surface area contributed by atoms with E-state index in [1.807, 2.05) is 0 Å². The molecule has 4 heteroatoms. The van der Waals surface area contributed by atoms with Gasteiger partial charge in [-0.15, -0.1) is 0 Å². The van der Waals surface area contributed by atoms with Crippen LogP contribution in [0.4, 0.5) is 0 Å². The van der Waals surface area contributed by atoms with Crippen LogP contribution in [0.5, 0.6) is 0 Å². The summed E-state index contributed by atoms with van der Waals surface area (Å²) in [4.78, 5) is 19.2. The Morgan fingerprint density at radius 2 is 2.12 bits per heavy atom. The second kappa shape index (κ2) is 11.7. The summed E-state index contributed by atoms with van der Waals surface area (Å²) in [6.45, 7) is 1.38. The van der Waals surface area contributed by atoms with E-state index in [9.17, 15) is 9.59 Å². The quantitative estimate of drug-likeness (QED) is 0.223. The molecule has 0 aromatic carbocycles. The van der Waals surface area contributed by atoms with Gasteiger partial charge in [-0.1, -0.05) is 0 Å². The van der Waals surface area contributed by atoms with Gasteiger partial charge >= 0.3 is 80.9 Å². The monoisotopic (exact) mass is 150 g/mol. The molecule has 0 aliphatic heterocycles. The number of ketones is 1. The van der Waals surface area contributed by atoms with Crippen LogP contribution >= 0.6 is 0 Å². The van der Waals surface area contributed by atoms with Gasteiger partial charge in [-0.25, -0.2) is 0 Å². The van der Waals surface area contributed by atoms with Crippen LogP contribution in [0.2, 0.25) is 0 Å². The zero-order valence-corrected chi connectivity index (χ0v) is 10.7. The van der Waals surface area contributed by atoms with E-state index in [-0.39, 0.29) is 96.0 Å². The average Bonchev–Trinajstić information content (AvgIpc) is 1.35. The minimum absolute atomic E-state index is 0. The Morgan fingerprint density at radius 3 is 2.12 bits per heavy atom. The van der Waals surface area contributed by atoms with Crippen LogP contribution in [0.1, 0.15) is 16.2 Å². The number of rotatable bonds is 2. The molecule has 0 fully saturated rings. The molecule has 0 aromatic rings. The van der Waals surface area contributed by atoms with Crippen molar-refractivity contribution in [2.75, 3.05) is 0 Å². The van der Waals surface area contributed by atoms with E-state index in [1.54, 1.807) is 0 Å². The molecular weight excluding hydrogens is 142 g/mol. The minimum Gasteiger partial charge on any atom is -1.00 e. The van der Waals surface area contributed by atoms with Crippen molar-refractivity contribution < 1.29 is 93.4 Å². The van der Waals surface area contributed by atoms with Gasteiger partial charge < -0.3 is 7.65 Å². The topological polar surface area (TPSA) is 34.1 Å². The van der Waals surface area contributed by atoms with Crippen LogP contribution in [0.15, 0.2) is 0 Å². The molecule has 0 atom stereocenters. The van der Waals surface area contributed by atoms with Crippen LogP contribution in [0, 0.1) is 0 Å². The van der Waals surface area contributed by atoms with E-state index in [0.717, 1.165) is 0 Å². The Balaban J connectivity index is -0.0000000208. The Hall–Kier alpha value is 1.98. The Kier molecular flexibility index (Phi) is 24.2. The Labute approximate surface area is 116 Å². The molecule has 0 aromatic heterocycles. The first-order chi connectivity index (χ1) is 2.77. The van der Waals surface area contributed by atoms with Crippen molar-refractivity contribution in [3.05, 3.63) is 0 Å². The molecule has 0 spiro atoms. The van der Waals surface area contributed by atoms with Crippen molar-refractivity contribution in [1.82, 2.24) is 0 Å². The van der Waals surface area contributed by atoms with Gasteiger partial charge in [0.25, 0.3) is 0 Å². The van der Waals surface area contributed by atoms with Gasteiger partial charge in [0, 0.05) is 0 Å². The number of aldehydes is 1. The van der Waals surface area contributed by atoms with E-state index >= 15 is 0 Å². The van der Waals surface area contributed by atoms with Crippen molar-refractivity contribution in [3.8, 4) is 0 Å². The normalized spacial score (nSPS) is 5.62. The van der Waals surface area contributed by atoms with Gasteiger partial charge in [0.15, 0.2) is 0 Å². The van der Waals surface area contributed by atoms with E-state index in [4.69, 9.17) is 0 Å². The van der Waals surface area contributed by atoms with Crippen LogP contribution in [0.25, 0.3) is 0 Å². The first-order valence-electron chi connectivity index (χ1n) is 1.70. The van der Waals surface area contributed by atoms with Crippen molar-refractivity contribution in [2.45, 2.75) is 13.3 Å². The standard InChI is InChI=1S/C4H6O2.K.Na.2H/c1-4(6)2-3-5;;;;/h3H,2H2,1H3;;;;/q;2*+1;2*-1. The summed E-state index contributed by atoms with van der Waals surface area (Å²) in [6, 6.07) is 0. The van der Waals surface area contributed by atoms with Crippen molar-refractivity contribution in [3.63, 3.8) is 0 Å². The predicted molar refractivity (Wildman–Crippen MR) is 23.6 cm³/mol. The number of hydrogen-bond donors (Lipinski definition) is 0. The molecule has 0 saturated heterocycles. The van der Waals surface area contributed by atoms with Crippen LogP contribution in [-0.2, 0) is 9.59 Å². The average molecular weight is 150 g/mol. The largest absolute Gasteiger partial charge is 1.00 e. The molecule has 0 aliphatic rings. The van der Waals surface area contributed by atoms with E-state index in [1.165, 1.54) is 6.92 Å². The van der Waals surface area contributed by atoms with Crippen LogP contribution in [-0.4, -0.2) is 12.1 Å². The van der Waals surface area contributed by atoms with E-state index in [2.05, 4.69) is 0 Å². The Morgan fingerprint density at radius 1 is 1.75 bits per heavy atom. The van der Waals surface area contributed by atoms with Gasteiger partial charge in [0.1, 0.15) is 12.1 Å². The third-order valence-corrected chi connectivity index (χ3v) is 0.371. The molecule has 0 amide bonds. The summed E-state index contributed by atoms with van der Waals surface area (Å²) in [5, 5.41) is 0. The second-order valence-electron chi connectivity index (χ2n) is 1.07. The fourth-order valence-electron chi connectivity index (χ4n) is 0.117. The molecule has 0 aliphatic carbocycles. The minimum atomic E-state index is -0.0787. The zero-order chi connectivity index (χ0) is 4.99. The number of carbonyl (C=O) groups is 2. The fourth-order valence-corrected chi connectivity index (χ4v) is 0.117. The molecule has 2 nitrogen and oxygen atoms in total. The van der Waals surface area contributed by atoms with Gasteiger partial charge in [-0.05, 0) is 6.92 Å². The molecule has 8 heavy (non-hydrogen) atoms. The Bertz CT molecular complexity index is 81.7. The maximum Gasteiger partial charge on any atom is 1.00 e. The first kappa shape index (κ1) is 16.5. The van der Waals surface area contributed by atoms with E-state index < -0.39 is 0 Å². The van der Waals surface area contributed by atoms with Gasteiger partial charge in [0.2, 0.25) is 0 Å². The summed E-state index contributed by atoms with van der Waals surface area (Å²) in [7, 11) is 0. The number of carbonyl (C=O) groups excluding carboxylic acids is 2. The summed E-state index contributed by atoms with van der Waals surface area (Å²) in [6.07, 6.45) is 0.655. The third kappa shape index (κ3) is 15.7. The maximum atomic E-state index is 9.81. The zero-order valence-electron chi connectivity index (χ0n) is 7.60. The van der Waals surface area contributed by atoms with E-state index in [0.29, 0.717) is 6.29 Å². The summed E-state index contributed by atoms with van der Waals surface area (Å²) >= 11 is 0. The number of hydrogen-bond acceptors (Lipinski definition) is 2. The molecule has 0 radical (unpaired) electrons. The third-order valence-electron chi connectivity index (χ3n) is 0.371. The van der Waals surface area contributed by atoms with Gasteiger partial charge in [-0.2, -0.15) is 0 Å². The SMILES string of the molecule is CC(=O)CC=O.[H-].[H-].[K+].[Na+]. The molecular formula is C4H8KNaO2. The molecule has 0 heterocycles. The van der Waals surface area contributed by atoms with Gasteiger partial charge in [0.05, 0.1) is 6.42 Å². The predicted octanol–water partition coefficient (Wildman–Crippen LogP) is -5.60. The first-order valence-corrected chi connectivity index (χ1v) is 1.70. The summed E-state index contributed by atoms with van der Waals surface area (Å²) in [5.41, 5.74) is 0. The molecule has 38 valence electrons. The molecule has 0 saturated carbocycles. The summed E-state index contributed by atoms with van der Waals surface area (Å²) < 4.78 is 0. The molecule has 0 unspecified atom stereocenters. The van der Waals surface area contributed by atoms with Crippen LogP contribution < -0.4 is 80.9 Å². The summed E-state index contributed by atoms with van der Waals surface area (Å²) in [5.74, 6) is -0.0787. The molecule has 0 N–H and O–H groups in total. The fraction of sp³-hybridized carbons (Fsp3) is 0.500. The van der Waals surface area contributed by atoms with Crippen LogP contribution in [0.3, 0.4) is 0 Å². The number of Topliss-reactive ketones (excluding diaryl/α,β-unsaturated/α-hetero) is 1. The molecule has 0 rings (SSSR count). The smallest absolute Gasteiger partial charge is 1.00 e. The molecule has 0 bridgehead atoms.